The van der Waals surface area contributed by atoms with Crippen molar-refractivity contribution in [1.82, 2.24) is 30.5 Å². The fourth-order valence-corrected chi connectivity index (χ4v) is 3.32. The van der Waals surface area contributed by atoms with E-state index >= 15 is 0 Å². The van der Waals surface area contributed by atoms with Crippen LogP contribution in [0.2, 0.25) is 0 Å². The van der Waals surface area contributed by atoms with Crippen molar-refractivity contribution in [3.63, 3.8) is 0 Å². The van der Waals surface area contributed by atoms with Gasteiger partial charge < -0.3 is 10.1 Å². The number of ether oxygens (including phenoxy) is 1. The Labute approximate surface area is 146 Å². The van der Waals surface area contributed by atoms with Crippen LogP contribution in [0.25, 0.3) is 0 Å². The van der Waals surface area contributed by atoms with Crippen molar-refractivity contribution in [3.8, 4) is 0 Å². The van der Waals surface area contributed by atoms with Crippen LogP contribution in [0.5, 0.6) is 0 Å². The number of nitrogens with zero attached hydrogens (tertiary/aromatic N) is 4. The smallest absolute Gasteiger partial charge is 0.0896 e. The van der Waals surface area contributed by atoms with E-state index in [1.807, 2.05) is 41.5 Å². The monoisotopic (exact) mass is 338 g/mol. The molecule has 1 aliphatic rings. The summed E-state index contributed by atoms with van der Waals surface area (Å²) in [6.45, 7) is 3.18. The van der Waals surface area contributed by atoms with Gasteiger partial charge in [-0.3, -0.25) is 5.10 Å². The number of nitrogens with one attached hydrogen (secondary N) is 2. The molecule has 25 heavy (non-hydrogen) atoms. The average Bonchev–Trinajstić information content (AvgIpc) is 3.37. The van der Waals surface area contributed by atoms with Gasteiger partial charge in [0.1, 0.15) is 0 Å². The normalized spacial score (nSPS) is 20.2. The molecule has 130 valence electrons. The minimum absolute atomic E-state index is 0.124. The van der Waals surface area contributed by atoms with Gasteiger partial charge in [0, 0.05) is 37.4 Å². The molecular weight excluding hydrogens is 316 g/mol. The fourth-order valence-electron chi connectivity index (χ4n) is 3.32. The summed E-state index contributed by atoms with van der Waals surface area (Å²) in [7, 11) is 0. The van der Waals surface area contributed by atoms with Crippen LogP contribution >= 0.6 is 0 Å². The first-order valence-electron chi connectivity index (χ1n) is 8.62. The molecule has 4 rings (SSSR count). The molecule has 3 aromatic rings. The maximum Gasteiger partial charge on any atom is 0.0896 e. The van der Waals surface area contributed by atoms with Gasteiger partial charge in [-0.25, -0.2) is 4.68 Å². The van der Waals surface area contributed by atoms with Crippen molar-refractivity contribution in [2.45, 2.75) is 25.6 Å². The number of aromatic amines is 1. The molecule has 2 aromatic heterocycles. The molecule has 1 aliphatic heterocycles. The highest BCUT2D eigenvalue weighted by Gasteiger charge is 2.29. The van der Waals surface area contributed by atoms with Crippen molar-refractivity contribution in [2.24, 2.45) is 5.92 Å². The second kappa shape index (κ2) is 7.58. The number of hydrogen-bond donors (Lipinski definition) is 2. The second-order valence-electron chi connectivity index (χ2n) is 6.37. The minimum atomic E-state index is 0.124. The highest BCUT2D eigenvalue weighted by atomic mass is 16.5. The zero-order chi connectivity index (χ0) is 16.9. The zero-order valence-electron chi connectivity index (χ0n) is 14.0. The summed E-state index contributed by atoms with van der Waals surface area (Å²) in [5.74, 6) is 0.455. The lowest BCUT2D eigenvalue weighted by molar-refractivity contribution is 0.0904. The van der Waals surface area contributed by atoms with Gasteiger partial charge in [-0.05, 0) is 12.0 Å². The third-order valence-corrected chi connectivity index (χ3v) is 4.65. The number of benzene rings is 1. The number of aromatic nitrogens is 5. The highest BCUT2D eigenvalue weighted by Crippen LogP contribution is 2.33. The van der Waals surface area contributed by atoms with Crippen LogP contribution in [0, 0.1) is 5.92 Å². The van der Waals surface area contributed by atoms with E-state index in [1.165, 1.54) is 5.56 Å². The van der Waals surface area contributed by atoms with Crippen LogP contribution in [-0.2, 0) is 17.8 Å². The van der Waals surface area contributed by atoms with E-state index in [-0.39, 0.29) is 6.10 Å². The predicted molar refractivity (Wildman–Crippen MR) is 92.7 cm³/mol. The molecule has 7 nitrogen and oxygen atoms in total. The Morgan fingerprint density at radius 2 is 2.16 bits per heavy atom. The highest BCUT2D eigenvalue weighted by molar-refractivity contribution is 5.15. The van der Waals surface area contributed by atoms with Crippen LogP contribution < -0.4 is 5.32 Å². The van der Waals surface area contributed by atoms with Crippen molar-refractivity contribution in [2.75, 3.05) is 13.2 Å². The Morgan fingerprint density at radius 3 is 3.00 bits per heavy atom. The van der Waals surface area contributed by atoms with Crippen LogP contribution in [0.1, 0.15) is 29.3 Å². The molecule has 0 spiro atoms. The van der Waals surface area contributed by atoms with Crippen LogP contribution in [0.15, 0.2) is 48.9 Å². The van der Waals surface area contributed by atoms with Gasteiger partial charge in [0.2, 0.25) is 0 Å². The summed E-state index contributed by atoms with van der Waals surface area (Å²) < 4.78 is 7.82. The maximum absolute atomic E-state index is 5.87. The minimum Gasteiger partial charge on any atom is -0.373 e. The summed E-state index contributed by atoms with van der Waals surface area (Å²) in [5.41, 5.74) is 3.43. The second-order valence-corrected chi connectivity index (χ2v) is 6.37. The van der Waals surface area contributed by atoms with E-state index < -0.39 is 0 Å². The van der Waals surface area contributed by atoms with E-state index in [0.717, 1.165) is 43.9 Å². The largest absolute Gasteiger partial charge is 0.373 e. The van der Waals surface area contributed by atoms with E-state index in [1.54, 1.807) is 0 Å². The van der Waals surface area contributed by atoms with Gasteiger partial charge in [-0.2, -0.15) is 5.10 Å². The standard InChI is InChI=1S/C18H22N6O/c1-2-4-14(5-3-1)13-24-17(12-22-23-24)11-19-8-15-6-7-25-18(15)16-9-20-21-10-16/h1-5,9-10,12,15,18-19H,6-8,11,13H2,(H,20,21)/t15-,18+/m1/s1. The summed E-state index contributed by atoms with van der Waals surface area (Å²) in [6, 6.07) is 10.3. The Hall–Kier alpha value is -2.51. The molecule has 0 radical (unpaired) electrons. The SMILES string of the molecule is c1ccc(Cn2nncc2CNC[C@H]2CCO[C@@H]2c2cn[nH]c2)cc1. The van der Waals surface area contributed by atoms with E-state index in [9.17, 15) is 0 Å². The lowest BCUT2D eigenvalue weighted by Crippen LogP contribution is -2.25. The van der Waals surface area contributed by atoms with E-state index in [0.29, 0.717) is 5.92 Å². The van der Waals surface area contributed by atoms with Gasteiger partial charge in [-0.15, -0.1) is 5.10 Å². The molecule has 3 heterocycles. The summed E-state index contributed by atoms with van der Waals surface area (Å²) in [5, 5.41) is 18.7. The first-order chi connectivity index (χ1) is 12.4. The van der Waals surface area contributed by atoms with Crippen LogP contribution in [0.4, 0.5) is 0 Å². The maximum atomic E-state index is 5.87. The topological polar surface area (TPSA) is 80.7 Å². The van der Waals surface area contributed by atoms with Gasteiger partial charge in [0.15, 0.2) is 0 Å². The van der Waals surface area contributed by atoms with E-state index in [4.69, 9.17) is 4.74 Å². The Balaban J connectivity index is 1.33. The molecule has 2 atom stereocenters. The molecule has 0 aliphatic carbocycles. The summed E-state index contributed by atoms with van der Waals surface area (Å²) in [4.78, 5) is 0. The first kappa shape index (κ1) is 16.0. The molecule has 0 bridgehead atoms. The number of hydrogen-bond acceptors (Lipinski definition) is 5. The van der Waals surface area contributed by atoms with Crippen LogP contribution in [-0.4, -0.2) is 38.3 Å². The van der Waals surface area contributed by atoms with Gasteiger partial charge >= 0.3 is 0 Å². The molecule has 1 aromatic carbocycles. The predicted octanol–water partition coefficient (Wildman–Crippen LogP) is 1.92. The van der Waals surface area contributed by atoms with Gasteiger partial charge in [0.05, 0.1) is 30.7 Å². The molecule has 0 unspecified atom stereocenters. The molecule has 0 saturated carbocycles. The average molecular weight is 338 g/mol. The summed E-state index contributed by atoms with van der Waals surface area (Å²) in [6.07, 6.45) is 6.78. The van der Waals surface area contributed by atoms with Crippen molar-refractivity contribution in [3.05, 3.63) is 65.7 Å². The molecule has 7 heteroatoms. The quantitative estimate of drug-likeness (QED) is 0.688. The lowest BCUT2D eigenvalue weighted by Gasteiger charge is -2.17. The van der Waals surface area contributed by atoms with E-state index in [2.05, 4.69) is 38.0 Å². The molecule has 2 N–H and O–H groups in total. The van der Waals surface area contributed by atoms with Gasteiger partial charge in [0.25, 0.3) is 0 Å². The molecular formula is C18H22N6O. The van der Waals surface area contributed by atoms with Crippen molar-refractivity contribution < 1.29 is 4.74 Å². The lowest BCUT2D eigenvalue weighted by atomic mass is 9.97. The Kier molecular flexibility index (Phi) is 4.85. The van der Waals surface area contributed by atoms with Gasteiger partial charge in [-0.1, -0.05) is 35.5 Å². The molecule has 1 saturated heterocycles. The summed E-state index contributed by atoms with van der Waals surface area (Å²) >= 11 is 0. The Morgan fingerprint density at radius 1 is 1.24 bits per heavy atom. The molecule has 1 fully saturated rings. The third-order valence-electron chi connectivity index (χ3n) is 4.65. The Bertz CT molecular complexity index is 770. The molecule has 0 amide bonds. The third kappa shape index (κ3) is 3.78. The zero-order valence-corrected chi connectivity index (χ0v) is 14.0. The van der Waals surface area contributed by atoms with Crippen LogP contribution in [0.3, 0.4) is 0 Å². The van der Waals surface area contributed by atoms with Crippen molar-refractivity contribution >= 4 is 0 Å². The first-order valence-corrected chi connectivity index (χ1v) is 8.62. The number of H-pyrrole nitrogens is 1. The van der Waals surface area contributed by atoms with Crippen molar-refractivity contribution in [1.29, 1.82) is 0 Å². The fraction of sp³-hybridized carbons (Fsp3) is 0.389. The number of rotatable bonds is 7.